The fourth-order valence-corrected chi connectivity index (χ4v) is 2.47. The zero-order valence-electron chi connectivity index (χ0n) is 11.8. The fraction of sp³-hybridized carbons (Fsp3) is 0.533. The van der Waals surface area contributed by atoms with Gasteiger partial charge in [0.1, 0.15) is 6.04 Å². The van der Waals surface area contributed by atoms with E-state index in [1.54, 1.807) is 7.05 Å². The third-order valence-electron chi connectivity index (χ3n) is 3.76. The van der Waals surface area contributed by atoms with E-state index in [9.17, 15) is 9.90 Å². The number of aliphatic hydroxyl groups is 1. The van der Waals surface area contributed by atoms with E-state index < -0.39 is 11.6 Å². The van der Waals surface area contributed by atoms with Crippen molar-refractivity contribution in [1.29, 1.82) is 0 Å². The second-order valence-electron chi connectivity index (χ2n) is 5.42. The van der Waals surface area contributed by atoms with Crippen LogP contribution in [0.15, 0.2) is 30.3 Å². The van der Waals surface area contributed by atoms with E-state index >= 15 is 0 Å². The summed E-state index contributed by atoms with van der Waals surface area (Å²) < 4.78 is 5.24. The molecule has 0 saturated carbocycles. The largest absolute Gasteiger partial charge is 0.388 e. The number of benzene rings is 1. The number of hydrogen-bond acceptors (Lipinski definition) is 4. The first-order valence-electron chi connectivity index (χ1n) is 6.87. The molecule has 5 heteroatoms. The van der Waals surface area contributed by atoms with Gasteiger partial charge in [-0.2, -0.15) is 0 Å². The molecular weight excluding hydrogens is 256 g/mol. The molecule has 1 saturated heterocycles. The molecule has 110 valence electrons. The number of likely N-dealkylation sites (N-methyl/N-ethyl adjacent to an activating group) is 1. The first-order chi connectivity index (χ1) is 9.52. The van der Waals surface area contributed by atoms with Crippen LogP contribution < -0.4 is 5.73 Å². The third-order valence-corrected chi connectivity index (χ3v) is 3.76. The number of hydrogen-bond donors (Lipinski definition) is 2. The van der Waals surface area contributed by atoms with Crippen LogP contribution in [0.1, 0.15) is 24.4 Å². The van der Waals surface area contributed by atoms with Gasteiger partial charge in [-0.15, -0.1) is 0 Å². The van der Waals surface area contributed by atoms with Crippen LogP contribution in [0.3, 0.4) is 0 Å². The quantitative estimate of drug-likeness (QED) is 0.849. The number of amides is 1. The zero-order valence-corrected chi connectivity index (χ0v) is 11.8. The Balaban J connectivity index is 1.98. The minimum atomic E-state index is -0.862. The van der Waals surface area contributed by atoms with Crippen LogP contribution in [0.25, 0.3) is 0 Å². The fourth-order valence-electron chi connectivity index (χ4n) is 2.47. The molecule has 1 fully saturated rings. The van der Waals surface area contributed by atoms with Crippen molar-refractivity contribution in [2.24, 2.45) is 5.73 Å². The first-order valence-corrected chi connectivity index (χ1v) is 6.87. The number of rotatable bonds is 4. The lowest BCUT2D eigenvalue weighted by atomic mass is 9.93. The normalized spacial score (nSPS) is 19.4. The lowest BCUT2D eigenvalue weighted by molar-refractivity contribution is -0.138. The summed E-state index contributed by atoms with van der Waals surface area (Å²) in [5.74, 6) is -0.184. The Labute approximate surface area is 119 Å². The predicted molar refractivity (Wildman–Crippen MR) is 76.0 cm³/mol. The Morgan fingerprint density at radius 1 is 1.40 bits per heavy atom. The van der Waals surface area contributed by atoms with Crippen LogP contribution in [0, 0.1) is 0 Å². The van der Waals surface area contributed by atoms with E-state index in [-0.39, 0.29) is 12.5 Å². The average Bonchev–Trinajstić information content (AvgIpc) is 2.47. The zero-order chi connectivity index (χ0) is 14.6. The van der Waals surface area contributed by atoms with Gasteiger partial charge in [-0.25, -0.2) is 0 Å². The molecule has 1 atom stereocenters. The van der Waals surface area contributed by atoms with Gasteiger partial charge in [0.05, 0.1) is 5.60 Å². The Morgan fingerprint density at radius 3 is 2.60 bits per heavy atom. The highest BCUT2D eigenvalue weighted by Crippen LogP contribution is 2.22. The Hall–Kier alpha value is -1.43. The van der Waals surface area contributed by atoms with Crippen LogP contribution in [-0.2, 0) is 9.53 Å². The van der Waals surface area contributed by atoms with Gasteiger partial charge in [0.15, 0.2) is 0 Å². The number of nitrogens with two attached hydrogens (primary N) is 1. The minimum absolute atomic E-state index is 0.184. The van der Waals surface area contributed by atoms with Gasteiger partial charge in [0.2, 0.25) is 5.91 Å². The molecule has 1 heterocycles. The maximum Gasteiger partial charge on any atom is 0.243 e. The van der Waals surface area contributed by atoms with Gasteiger partial charge >= 0.3 is 0 Å². The van der Waals surface area contributed by atoms with E-state index in [0.717, 1.165) is 5.56 Å². The summed E-state index contributed by atoms with van der Waals surface area (Å²) in [5, 5.41) is 10.4. The number of nitrogens with zero attached hydrogens (tertiary/aromatic N) is 1. The molecule has 1 aliphatic rings. The molecule has 20 heavy (non-hydrogen) atoms. The highest BCUT2D eigenvalue weighted by molar-refractivity contribution is 5.82. The van der Waals surface area contributed by atoms with Gasteiger partial charge in [-0.3, -0.25) is 4.79 Å². The topological polar surface area (TPSA) is 75.8 Å². The predicted octanol–water partition coefficient (Wildman–Crippen LogP) is 0.686. The Bertz CT molecular complexity index is 444. The second-order valence-corrected chi connectivity index (χ2v) is 5.42. The van der Waals surface area contributed by atoms with Crippen molar-refractivity contribution >= 4 is 5.91 Å². The Kier molecular flexibility index (Phi) is 4.75. The van der Waals surface area contributed by atoms with E-state index in [0.29, 0.717) is 26.1 Å². The van der Waals surface area contributed by atoms with Crippen molar-refractivity contribution in [2.75, 3.05) is 26.8 Å². The molecule has 0 spiro atoms. The molecule has 1 aromatic carbocycles. The monoisotopic (exact) mass is 278 g/mol. The summed E-state index contributed by atoms with van der Waals surface area (Å²) in [4.78, 5) is 13.8. The average molecular weight is 278 g/mol. The number of ether oxygens (including phenoxy) is 1. The first kappa shape index (κ1) is 15.0. The van der Waals surface area contributed by atoms with Crippen LogP contribution >= 0.6 is 0 Å². The van der Waals surface area contributed by atoms with Crippen molar-refractivity contribution in [3.63, 3.8) is 0 Å². The van der Waals surface area contributed by atoms with Crippen LogP contribution in [-0.4, -0.2) is 48.3 Å². The molecule has 0 unspecified atom stereocenters. The van der Waals surface area contributed by atoms with Crippen molar-refractivity contribution in [2.45, 2.75) is 24.5 Å². The van der Waals surface area contributed by atoms with E-state index in [1.807, 2.05) is 30.3 Å². The van der Waals surface area contributed by atoms with Gasteiger partial charge in [0, 0.05) is 39.6 Å². The third kappa shape index (κ3) is 3.56. The van der Waals surface area contributed by atoms with Gasteiger partial charge in [-0.05, 0) is 5.56 Å². The number of carbonyl (C=O) groups is 1. The van der Waals surface area contributed by atoms with Gasteiger partial charge in [-0.1, -0.05) is 30.3 Å². The molecule has 2 rings (SSSR count). The molecule has 0 radical (unpaired) electrons. The molecule has 0 aromatic heterocycles. The smallest absolute Gasteiger partial charge is 0.243 e. The molecule has 1 aliphatic heterocycles. The Morgan fingerprint density at radius 2 is 2.00 bits per heavy atom. The molecule has 0 bridgehead atoms. The second kappa shape index (κ2) is 6.35. The summed E-state index contributed by atoms with van der Waals surface area (Å²) in [6.45, 7) is 1.35. The van der Waals surface area contributed by atoms with Gasteiger partial charge < -0.3 is 20.5 Å². The minimum Gasteiger partial charge on any atom is -0.388 e. The van der Waals surface area contributed by atoms with Crippen molar-refractivity contribution < 1.29 is 14.6 Å². The lowest BCUT2D eigenvalue weighted by Gasteiger charge is -2.36. The molecule has 3 N–H and O–H groups in total. The van der Waals surface area contributed by atoms with E-state index in [4.69, 9.17) is 10.5 Å². The van der Waals surface area contributed by atoms with E-state index in [1.165, 1.54) is 4.90 Å². The summed E-state index contributed by atoms with van der Waals surface area (Å²) in [6.07, 6.45) is 1.09. The lowest BCUT2D eigenvalue weighted by Crippen LogP contribution is -2.49. The van der Waals surface area contributed by atoms with Crippen molar-refractivity contribution in [3.8, 4) is 0 Å². The molecular formula is C15H22N2O3. The molecule has 0 aliphatic carbocycles. The van der Waals surface area contributed by atoms with Gasteiger partial charge in [0.25, 0.3) is 0 Å². The van der Waals surface area contributed by atoms with Crippen LogP contribution in [0.4, 0.5) is 0 Å². The molecule has 5 nitrogen and oxygen atoms in total. The summed E-state index contributed by atoms with van der Waals surface area (Å²) in [6, 6.07) is 8.57. The van der Waals surface area contributed by atoms with Crippen LogP contribution in [0.5, 0.6) is 0 Å². The maximum absolute atomic E-state index is 12.3. The summed E-state index contributed by atoms with van der Waals surface area (Å²) >= 11 is 0. The number of carbonyl (C=O) groups excluding carboxylic acids is 1. The van der Waals surface area contributed by atoms with Crippen molar-refractivity contribution in [1.82, 2.24) is 4.90 Å². The standard InChI is InChI=1S/C15H22N2O3/c1-17(11-15(19)7-9-20-10-8-15)14(18)13(16)12-5-3-2-4-6-12/h2-6,13,19H,7-11,16H2,1H3/t13-/m1/s1. The molecule has 1 aromatic rings. The maximum atomic E-state index is 12.3. The SMILES string of the molecule is CN(CC1(O)CCOCC1)C(=O)[C@H](N)c1ccccc1. The highest BCUT2D eigenvalue weighted by Gasteiger charge is 2.33. The van der Waals surface area contributed by atoms with Crippen LogP contribution in [0.2, 0.25) is 0 Å². The molecule has 1 amide bonds. The highest BCUT2D eigenvalue weighted by atomic mass is 16.5. The van der Waals surface area contributed by atoms with Crippen molar-refractivity contribution in [3.05, 3.63) is 35.9 Å². The summed E-state index contributed by atoms with van der Waals surface area (Å²) in [5.41, 5.74) is 5.91. The van der Waals surface area contributed by atoms with E-state index in [2.05, 4.69) is 0 Å². The summed E-state index contributed by atoms with van der Waals surface area (Å²) in [7, 11) is 1.68.